The second-order valence-corrected chi connectivity index (χ2v) is 6.43. The lowest BCUT2D eigenvalue weighted by Crippen LogP contribution is -2.35. The normalized spacial score (nSPS) is 13.2. The summed E-state index contributed by atoms with van der Waals surface area (Å²) in [4.78, 5) is 10.5. The van der Waals surface area contributed by atoms with Crippen LogP contribution in [0.15, 0.2) is 17.0 Å². The topological polar surface area (TPSA) is 115 Å². The van der Waals surface area contributed by atoms with E-state index in [0.29, 0.717) is 0 Å². The van der Waals surface area contributed by atoms with Crippen LogP contribution in [0.4, 0.5) is 5.69 Å². The SMILES string of the molecule is CC(CC(N)=O)NS(=O)(=O)c1ccc(Cl)c(N)c1Cl. The molecule has 19 heavy (non-hydrogen) atoms. The predicted molar refractivity (Wildman–Crippen MR) is 74.5 cm³/mol. The Morgan fingerprint density at radius 3 is 2.53 bits per heavy atom. The van der Waals surface area contributed by atoms with Gasteiger partial charge in [0.2, 0.25) is 15.9 Å². The second-order valence-electron chi connectivity index (χ2n) is 3.97. The number of anilines is 1. The molecule has 0 aromatic heterocycles. The lowest BCUT2D eigenvalue weighted by molar-refractivity contribution is -0.118. The van der Waals surface area contributed by atoms with Gasteiger partial charge in [0.15, 0.2) is 0 Å². The lowest BCUT2D eigenvalue weighted by atomic mass is 10.2. The van der Waals surface area contributed by atoms with Crippen LogP contribution in [0.3, 0.4) is 0 Å². The zero-order chi connectivity index (χ0) is 14.8. The first-order chi connectivity index (χ1) is 8.65. The zero-order valence-electron chi connectivity index (χ0n) is 9.98. The predicted octanol–water partition coefficient (Wildman–Crippen LogP) is 1.12. The summed E-state index contributed by atoms with van der Waals surface area (Å²) in [7, 11) is -3.90. The van der Waals surface area contributed by atoms with Crippen molar-refractivity contribution in [3.8, 4) is 0 Å². The lowest BCUT2D eigenvalue weighted by Gasteiger charge is -2.14. The van der Waals surface area contributed by atoms with Crippen molar-refractivity contribution >= 4 is 44.8 Å². The molecule has 0 aliphatic carbocycles. The van der Waals surface area contributed by atoms with Gasteiger partial charge in [0.05, 0.1) is 15.7 Å². The molecule has 9 heteroatoms. The number of primary amides is 1. The van der Waals surface area contributed by atoms with Gasteiger partial charge in [-0.05, 0) is 19.1 Å². The number of nitrogens with one attached hydrogen (secondary N) is 1. The number of halogens is 2. The van der Waals surface area contributed by atoms with Crippen LogP contribution in [0.5, 0.6) is 0 Å². The molecule has 0 bridgehead atoms. The Labute approximate surface area is 121 Å². The summed E-state index contributed by atoms with van der Waals surface area (Å²) < 4.78 is 26.4. The highest BCUT2D eigenvalue weighted by molar-refractivity contribution is 7.89. The first kappa shape index (κ1) is 16.0. The van der Waals surface area contributed by atoms with E-state index >= 15 is 0 Å². The quantitative estimate of drug-likeness (QED) is 0.703. The third-order valence-corrected chi connectivity index (χ3v) is 4.73. The fourth-order valence-electron chi connectivity index (χ4n) is 1.43. The van der Waals surface area contributed by atoms with Crippen LogP contribution in [-0.4, -0.2) is 20.4 Å². The Bertz CT molecular complexity index is 604. The number of sulfonamides is 1. The highest BCUT2D eigenvalue weighted by Crippen LogP contribution is 2.33. The summed E-state index contributed by atoms with van der Waals surface area (Å²) in [5, 5.41) is 0.000379. The van der Waals surface area contributed by atoms with Crippen LogP contribution >= 0.6 is 23.2 Å². The van der Waals surface area contributed by atoms with E-state index in [-0.39, 0.29) is 27.0 Å². The number of hydrogen-bond donors (Lipinski definition) is 3. The van der Waals surface area contributed by atoms with E-state index in [1.807, 2.05) is 0 Å². The minimum absolute atomic E-state index is 0.0197. The van der Waals surface area contributed by atoms with Crippen LogP contribution in [0.25, 0.3) is 0 Å². The van der Waals surface area contributed by atoms with E-state index < -0.39 is 22.0 Å². The van der Waals surface area contributed by atoms with E-state index in [2.05, 4.69) is 4.72 Å². The molecular weight excluding hydrogens is 313 g/mol. The van der Waals surface area contributed by atoms with Gasteiger partial charge in [-0.3, -0.25) is 4.79 Å². The van der Waals surface area contributed by atoms with Crippen molar-refractivity contribution in [2.45, 2.75) is 24.3 Å². The first-order valence-corrected chi connectivity index (χ1v) is 7.43. The van der Waals surface area contributed by atoms with E-state index in [9.17, 15) is 13.2 Å². The standard InChI is InChI=1S/C10H13Cl2N3O3S/c1-5(4-8(13)16)15-19(17,18)7-3-2-6(11)10(14)9(7)12/h2-3,5,15H,4,14H2,1H3,(H2,13,16). The van der Waals surface area contributed by atoms with Gasteiger partial charge in [0.1, 0.15) is 4.90 Å². The van der Waals surface area contributed by atoms with Crippen molar-refractivity contribution in [1.29, 1.82) is 0 Å². The smallest absolute Gasteiger partial charge is 0.242 e. The summed E-state index contributed by atoms with van der Waals surface area (Å²) >= 11 is 11.6. The number of benzene rings is 1. The number of rotatable bonds is 5. The Kier molecular flexibility index (Phi) is 5.03. The van der Waals surface area contributed by atoms with Crippen molar-refractivity contribution in [3.05, 3.63) is 22.2 Å². The largest absolute Gasteiger partial charge is 0.396 e. The van der Waals surface area contributed by atoms with Gasteiger partial charge in [-0.2, -0.15) is 0 Å². The van der Waals surface area contributed by atoms with Gasteiger partial charge >= 0.3 is 0 Å². The molecule has 0 saturated carbocycles. The molecule has 0 fully saturated rings. The molecule has 1 rings (SSSR count). The summed E-state index contributed by atoms with van der Waals surface area (Å²) in [6.07, 6.45) is -0.125. The highest BCUT2D eigenvalue weighted by atomic mass is 35.5. The van der Waals surface area contributed by atoms with E-state index in [4.69, 9.17) is 34.7 Å². The van der Waals surface area contributed by atoms with E-state index in [1.54, 1.807) is 0 Å². The summed E-state index contributed by atoms with van der Waals surface area (Å²) in [6, 6.07) is 1.91. The third-order valence-electron chi connectivity index (χ3n) is 2.24. The number of hydrogen-bond acceptors (Lipinski definition) is 4. The molecule has 1 atom stereocenters. The summed E-state index contributed by atoms with van der Waals surface area (Å²) in [5.41, 5.74) is 10.5. The number of carbonyl (C=O) groups excluding carboxylic acids is 1. The maximum absolute atomic E-state index is 12.1. The number of amides is 1. The molecule has 1 amide bonds. The van der Waals surface area contributed by atoms with Crippen molar-refractivity contribution in [3.63, 3.8) is 0 Å². The Morgan fingerprint density at radius 2 is 2.00 bits per heavy atom. The molecule has 1 unspecified atom stereocenters. The first-order valence-electron chi connectivity index (χ1n) is 5.19. The molecule has 0 saturated heterocycles. The van der Waals surface area contributed by atoms with Crippen LogP contribution in [0, 0.1) is 0 Å². The van der Waals surface area contributed by atoms with Crippen LogP contribution in [-0.2, 0) is 14.8 Å². The van der Waals surface area contributed by atoms with E-state index in [0.717, 1.165) is 0 Å². The van der Waals surface area contributed by atoms with Crippen molar-refractivity contribution in [2.75, 3.05) is 5.73 Å². The molecule has 0 spiro atoms. The molecule has 106 valence electrons. The molecule has 5 N–H and O–H groups in total. The van der Waals surface area contributed by atoms with Crippen LogP contribution < -0.4 is 16.2 Å². The second kappa shape index (κ2) is 5.96. The molecule has 0 aliphatic heterocycles. The molecule has 6 nitrogen and oxygen atoms in total. The molecule has 1 aromatic carbocycles. The molecule has 0 radical (unpaired) electrons. The average molecular weight is 326 g/mol. The fraction of sp³-hybridized carbons (Fsp3) is 0.300. The number of nitrogen functional groups attached to an aromatic ring is 1. The maximum atomic E-state index is 12.1. The third kappa shape index (κ3) is 3.97. The molecule has 0 aliphatic rings. The van der Waals surface area contributed by atoms with Gasteiger partial charge in [-0.1, -0.05) is 23.2 Å². The van der Waals surface area contributed by atoms with Crippen molar-refractivity contribution < 1.29 is 13.2 Å². The number of carbonyl (C=O) groups is 1. The molecule has 1 aromatic rings. The van der Waals surface area contributed by atoms with E-state index in [1.165, 1.54) is 19.1 Å². The average Bonchev–Trinajstić information content (AvgIpc) is 2.23. The Hall–Kier alpha value is -1.02. The van der Waals surface area contributed by atoms with Gasteiger partial charge in [0, 0.05) is 12.5 Å². The van der Waals surface area contributed by atoms with Gasteiger partial charge in [0.25, 0.3) is 0 Å². The fourth-order valence-corrected chi connectivity index (χ4v) is 3.44. The van der Waals surface area contributed by atoms with Crippen LogP contribution in [0.1, 0.15) is 13.3 Å². The zero-order valence-corrected chi connectivity index (χ0v) is 12.3. The van der Waals surface area contributed by atoms with Crippen LogP contribution in [0.2, 0.25) is 10.0 Å². The minimum atomic E-state index is -3.90. The monoisotopic (exact) mass is 325 g/mol. The number of nitrogens with two attached hydrogens (primary N) is 2. The Morgan fingerprint density at radius 1 is 1.42 bits per heavy atom. The van der Waals surface area contributed by atoms with Gasteiger partial charge in [-0.15, -0.1) is 0 Å². The maximum Gasteiger partial charge on any atom is 0.242 e. The van der Waals surface area contributed by atoms with Crippen molar-refractivity contribution in [1.82, 2.24) is 4.72 Å². The highest BCUT2D eigenvalue weighted by Gasteiger charge is 2.23. The molecule has 0 heterocycles. The molecular formula is C10H13Cl2N3O3S. The van der Waals surface area contributed by atoms with Gasteiger partial charge in [-0.25, -0.2) is 13.1 Å². The summed E-state index contributed by atoms with van der Waals surface area (Å²) in [6.45, 7) is 1.51. The van der Waals surface area contributed by atoms with Crippen molar-refractivity contribution in [2.24, 2.45) is 5.73 Å². The Balaban J connectivity index is 3.08. The minimum Gasteiger partial charge on any atom is -0.396 e. The summed E-state index contributed by atoms with van der Waals surface area (Å²) in [5.74, 6) is -0.614. The van der Waals surface area contributed by atoms with Gasteiger partial charge < -0.3 is 11.5 Å².